The largest absolute Gasteiger partial charge is 0.428 e. The molecule has 0 atom stereocenters. The van der Waals surface area contributed by atoms with Crippen LogP contribution >= 0.6 is 0 Å². The van der Waals surface area contributed by atoms with Crippen molar-refractivity contribution in [1.82, 2.24) is 0 Å². The molecule has 40 heavy (non-hydrogen) atoms. The van der Waals surface area contributed by atoms with E-state index in [0.717, 1.165) is 36.5 Å². The van der Waals surface area contributed by atoms with Gasteiger partial charge in [-0.05, 0) is 79.0 Å². The van der Waals surface area contributed by atoms with Crippen LogP contribution in [0.3, 0.4) is 0 Å². The van der Waals surface area contributed by atoms with E-state index in [9.17, 15) is 13.2 Å². The summed E-state index contributed by atoms with van der Waals surface area (Å²) in [5.41, 5.74) is 0.687. The maximum Gasteiger partial charge on any atom is 0.426 e. The van der Waals surface area contributed by atoms with Gasteiger partial charge in [-0.3, -0.25) is 0 Å². The first-order valence-electron chi connectivity index (χ1n) is 14.7. The molecule has 1 fully saturated rings. The highest BCUT2D eigenvalue weighted by atomic mass is 19.3. The highest BCUT2D eigenvalue weighted by Crippen LogP contribution is 2.41. The van der Waals surface area contributed by atoms with Crippen molar-refractivity contribution < 1.29 is 26.7 Å². The molecule has 216 valence electrons. The molecule has 0 bridgehead atoms. The number of unbranched alkanes of at least 4 members (excludes halogenated alkanes) is 6. The Morgan fingerprint density at radius 1 is 0.750 bits per heavy atom. The number of benzene rings is 3. The van der Waals surface area contributed by atoms with Crippen LogP contribution in [-0.4, -0.2) is 0 Å². The van der Waals surface area contributed by atoms with Crippen molar-refractivity contribution in [2.75, 3.05) is 0 Å². The van der Waals surface area contributed by atoms with Gasteiger partial charge in [-0.2, -0.15) is 8.78 Å². The van der Waals surface area contributed by atoms with Gasteiger partial charge in [-0.15, -0.1) is 0 Å². The molecule has 0 heterocycles. The number of halogens is 5. The van der Waals surface area contributed by atoms with Crippen LogP contribution in [0, 0.1) is 23.4 Å². The summed E-state index contributed by atoms with van der Waals surface area (Å²) >= 11 is 0. The predicted molar refractivity (Wildman–Crippen MR) is 150 cm³/mol. The topological polar surface area (TPSA) is 9.23 Å². The van der Waals surface area contributed by atoms with Crippen LogP contribution in [0.5, 0.6) is 5.75 Å². The van der Waals surface area contributed by atoms with Crippen LogP contribution in [0.1, 0.15) is 101 Å². The van der Waals surface area contributed by atoms with E-state index >= 15 is 8.78 Å². The minimum atomic E-state index is -3.68. The second-order valence-corrected chi connectivity index (χ2v) is 11.1. The minimum Gasteiger partial charge on any atom is -0.428 e. The molecule has 0 radical (unpaired) electrons. The molecule has 0 saturated heterocycles. The van der Waals surface area contributed by atoms with Crippen molar-refractivity contribution in [3.05, 3.63) is 89.2 Å². The number of hydrogen-bond acceptors (Lipinski definition) is 1. The second kappa shape index (κ2) is 14.1. The third kappa shape index (κ3) is 7.86. The first-order chi connectivity index (χ1) is 19.3. The first kappa shape index (κ1) is 30.1. The van der Waals surface area contributed by atoms with Crippen molar-refractivity contribution >= 4 is 0 Å². The van der Waals surface area contributed by atoms with Crippen molar-refractivity contribution in [3.63, 3.8) is 0 Å². The molecular formula is C34H39F5O. The molecule has 0 aromatic heterocycles. The first-order valence-corrected chi connectivity index (χ1v) is 14.7. The third-order valence-electron chi connectivity index (χ3n) is 8.20. The van der Waals surface area contributed by atoms with Crippen molar-refractivity contribution in [3.8, 4) is 16.9 Å². The summed E-state index contributed by atoms with van der Waals surface area (Å²) in [7, 11) is 0. The lowest BCUT2D eigenvalue weighted by Crippen LogP contribution is -2.22. The Morgan fingerprint density at radius 3 is 2.00 bits per heavy atom. The molecular weight excluding hydrogens is 519 g/mol. The lowest BCUT2D eigenvalue weighted by atomic mass is 9.77. The van der Waals surface area contributed by atoms with Crippen LogP contribution in [0.25, 0.3) is 11.1 Å². The summed E-state index contributed by atoms with van der Waals surface area (Å²) in [6.45, 7) is 2.24. The van der Waals surface area contributed by atoms with Crippen LogP contribution in [-0.2, 0) is 6.11 Å². The zero-order valence-electron chi connectivity index (χ0n) is 23.2. The van der Waals surface area contributed by atoms with Crippen LogP contribution in [0.4, 0.5) is 22.0 Å². The monoisotopic (exact) mass is 558 g/mol. The maximum atomic E-state index is 15.2. The normalized spacial score (nSPS) is 17.6. The Labute approximate surface area is 234 Å². The fraction of sp³-hybridized carbons (Fsp3) is 0.471. The highest BCUT2D eigenvalue weighted by molar-refractivity contribution is 5.70. The second-order valence-electron chi connectivity index (χ2n) is 11.1. The number of ether oxygens (including phenoxy) is 1. The van der Waals surface area contributed by atoms with Gasteiger partial charge in [-0.1, -0.05) is 88.6 Å². The summed E-state index contributed by atoms with van der Waals surface area (Å²) in [5.74, 6) is -3.54. The number of alkyl halides is 2. The smallest absolute Gasteiger partial charge is 0.426 e. The van der Waals surface area contributed by atoms with Crippen molar-refractivity contribution in [2.45, 2.75) is 96.0 Å². The van der Waals surface area contributed by atoms with E-state index in [1.807, 2.05) is 0 Å². The number of hydrogen-bond donors (Lipinski definition) is 0. The zero-order valence-corrected chi connectivity index (χ0v) is 23.2. The zero-order chi connectivity index (χ0) is 28.5. The van der Waals surface area contributed by atoms with E-state index < -0.39 is 23.6 Å². The van der Waals surface area contributed by atoms with Gasteiger partial charge in [0, 0.05) is 5.56 Å². The lowest BCUT2D eigenvalue weighted by molar-refractivity contribution is -0.185. The Hall–Kier alpha value is -2.89. The van der Waals surface area contributed by atoms with Gasteiger partial charge in [0.15, 0.2) is 17.5 Å². The molecule has 1 aliphatic rings. The minimum absolute atomic E-state index is 0.0323. The van der Waals surface area contributed by atoms with E-state index in [4.69, 9.17) is 4.74 Å². The molecule has 3 aromatic rings. The molecule has 0 N–H and O–H groups in total. The summed E-state index contributed by atoms with van der Waals surface area (Å²) in [4.78, 5) is 0. The van der Waals surface area contributed by atoms with Gasteiger partial charge >= 0.3 is 6.11 Å². The maximum absolute atomic E-state index is 15.2. The van der Waals surface area contributed by atoms with Gasteiger partial charge in [0.25, 0.3) is 0 Å². The Kier molecular flexibility index (Phi) is 10.6. The predicted octanol–water partition coefficient (Wildman–Crippen LogP) is 11.3. The molecule has 0 aliphatic heterocycles. The van der Waals surface area contributed by atoms with Gasteiger partial charge in [0.2, 0.25) is 0 Å². The highest BCUT2D eigenvalue weighted by Gasteiger charge is 2.35. The van der Waals surface area contributed by atoms with Crippen LogP contribution in [0.2, 0.25) is 0 Å². The quantitative estimate of drug-likeness (QED) is 0.115. The average Bonchev–Trinajstić information content (AvgIpc) is 2.96. The van der Waals surface area contributed by atoms with E-state index in [2.05, 4.69) is 6.92 Å². The summed E-state index contributed by atoms with van der Waals surface area (Å²) < 4.78 is 76.4. The van der Waals surface area contributed by atoms with E-state index in [1.165, 1.54) is 101 Å². The van der Waals surface area contributed by atoms with Crippen LogP contribution < -0.4 is 4.74 Å². The van der Waals surface area contributed by atoms with E-state index in [-0.39, 0.29) is 22.4 Å². The van der Waals surface area contributed by atoms with Gasteiger partial charge < -0.3 is 4.74 Å². The summed E-state index contributed by atoms with van der Waals surface area (Å²) in [6, 6.07) is 13.5. The van der Waals surface area contributed by atoms with Crippen molar-refractivity contribution in [1.29, 1.82) is 0 Å². The molecule has 6 heteroatoms. The Morgan fingerprint density at radius 2 is 1.35 bits per heavy atom. The molecule has 0 unspecified atom stereocenters. The number of rotatable bonds is 13. The van der Waals surface area contributed by atoms with Gasteiger partial charge in [-0.25, -0.2) is 13.2 Å². The molecule has 1 nitrogen and oxygen atoms in total. The lowest BCUT2D eigenvalue weighted by Gasteiger charge is -2.29. The summed E-state index contributed by atoms with van der Waals surface area (Å²) in [5, 5.41) is 0. The third-order valence-corrected chi connectivity index (χ3v) is 8.20. The van der Waals surface area contributed by atoms with Crippen LogP contribution in [0.15, 0.2) is 60.7 Å². The SMILES string of the molecule is CCCCCCCCCC1CCC(c2ccc(C(F)(F)Oc3ccccc3-c3cc(F)c(F)c(F)c3)cc2)CC1. The van der Waals surface area contributed by atoms with Gasteiger partial charge in [0.1, 0.15) is 5.75 Å². The fourth-order valence-electron chi connectivity index (χ4n) is 5.83. The van der Waals surface area contributed by atoms with Crippen molar-refractivity contribution in [2.24, 2.45) is 5.92 Å². The Bertz CT molecular complexity index is 1190. The molecule has 1 aliphatic carbocycles. The fourth-order valence-corrected chi connectivity index (χ4v) is 5.83. The Balaban J connectivity index is 1.33. The molecule has 4 rings (SSSR count). The van der Waals surface area contributed by atoms with E-state index in [1.54, 1.807) is 12.1 Å². The standard InChI is InChI=1S/C34H39F5O/c1-2-3-4-5-6-7-8-11-24-14-16-25(17-15-24)26-18-20-28(21-19-26)34(38,39)40-32-13-10-9-12-29(32)27-22-30(35)33(37)31(36)23-27/h9-10,12-13,18-25H,2-8,11,14-17H2,1H3. The van der Waals surface area contributed by atoms with E-state index in [0.29, 0.717) is 5.92 Å². The number of para-hydroxylation sites is 1. The molecule has 3 aromatic carbocycles. The molecule has 0 spiro atoms. The summed E-state index contributed by atoms with van der Waals surface area (Å²) in [6.07, 6.45) is 11.4. The molecule has 1 saturated carbocycles. The van der Waals surface area contributed by atoms with Gasteiger partial charge in [0.05, 0.1) is 5.56 Å². The average molecular weight is 559 g/mol. The molecule has 0 amide bonds.